The summed E-state index contributed by atoms with van der Waals surface area (Å²) in [4.78, 5) is 28.9. The zero-order chi connectivity index (χ0) is 45.1. The van der Waals surface area contributed by atoms with Gasteiger partial charge in [-0.25, -0.2) is 9.59 Å². The molecule has 10 nitrogen and oxygen atoms in total. The van der Waals surface area contributed by atoms with E-state index in [-0.39, 0.29) is 13.4 Å². The van der Waals surface area contributed by atoms with Gasteiger partial charge < -0.3 is 37.6 Å². The van der Waals surface area contributed by atoms with Gasteiger partial charge in [-0.15, -0.1) is 0 Å². The van der Waals surface area contributed by atoms with Gasteiger partial charge in [0.25, 0.3) is 0 Å². The standard InChI is InChI=1S/C30H41NO4Si.C21H21NO4.CH4/c1-10-35-26-17-13-24(14-18-26)28-27(23-11-15-25(33-8)16-12-23)19-31(29(28)30(32)34-9)36(20(2)3,21(4)5)22(6)7;1-4-26-17-11-7-15(8-12-17)19-18(13-22-20(19)21(23)25-3)14-5-9-16(24-2)10-6-14;/h11-22H,10H2,1-9H3;5-13,22H,4H2,1-3H3;1H4. The van der Waals surface area contributed by atoms with Crippen LogP contribution in [0.4, 0.5) is 0 Å². The van der Waals surface area contributed by atoms with Crippen molar-refractivity contribution in [3.05, 3.63) is 121 Å². The highest BCUT2D eigenvalue weighted by Crippen LogP contribution is 2.48. The Bertz CT molecular complexity index is 2360. The minimum atomic E-state index is -2.28. The van der Waals surface area contributed by atoms with Crippen molar-refractivity contribution >= 4 is 20.2 Å². The zero-order valence-corrected chi connectivity index (χ0v) is 39.3. The van der Waals surface area contributed by atoms with E-state index in [0.29, 0.717) is 41.2 Å². The Balaban J connectivity index is 0.000000286. The van der Waals surface area contributed by atoms with Crippen LogP contribution in [-0.4, -0.2) is 71.0 Å². The molecular formula is C52H66N2O8Si. The number of carbonyl (C=O) groups is 2. The summed E-state index contributed by atoms with van der Waals surface area (Å²) in [6.07, 6.45) is 4.03. The van der Waals surface area contributed by atoms with Crippen LogP contribution in [0.5, 0.6) is 23.0 Å². The summed E-state index contributed by atoms with van der Waals surface area (Å²) in [7, 11) is 3.86. The molecule has 0 saturated carbocycles. The number of nitrogens with one attached hydrogen (secondary N) is 1. The highest BCUT2D eigenvalue weighted by atomic mass is 28.3. The number of hydrogen-bond acceptors (Lipinski definition) is 8. The first-order chi connectivity index (χ1) is 29.8. The van der Waals surface area contributed by atoms with Crippen molar-refractivity contribution in [3.8, 4) is 67.5 Å². The van der Waals surface area contributed by atoms with Gasteiger partial charge in [0, 0.05) is 34.6 Å². The summed E-state index contributed by atoms with van der Waals surface area (Å²) >= 11 is 0. The highest BCUT2D eigenvalue weighted by molar-refractivity contribution is 6.82. The van der Waals surface area contributed by atoms with Crippen LogP contribution in [0.2, 0.25) is 16.6 Å². The molecule has 0 saturated heterocycles. The van der Waals surface area contributed by atoms with Crippen molar-refractivity contribution in [1.82, 2.24) is 9.22 Å². The van der Waals surface area contributed by atoms with Crippen LogP contribution in [0.25, 0.3) is 44.5 Å². The molecule has 0 fully saturated rings. The van der Waals surface area contributed by atoms with Crippen LogP contribution in [0.15, 0.2) is 109 Å². The fourth-order valence-electron chi connectivity index (χ4n) is 8.98. The molecule has 336 valence electrons. The van der Waals surface area contributed by atoms with Crippen LogP contribution in [0, 0.1) is 0 Å². The van der Waals surface area contributed by atoms with Gasteiger partial charge in [-0.2, -0.15) is 0 Å². The second kappa shape index (κ2) is 22.2. The van der Waals surface area contributed by atoms with Crippen LogP contribution in [-0.2, 0) is 9.47 Å². The van der Waals surface area contributed by atoms with Gasteiger partial charge in [-0.05, 0) is 101 Å². The van der Waals surface area contributed by atoms with Crippen molar-refractivity contribution < 1.29 is 38.0 Å². The monoisotopic (exact) mass is 874 g/mol. The molecule has 2 aromatic heterocycles. The van der Waals surface area contributed by atoms with Crippen LogP contribution < -0.4 is 18.9 Å². The summed E-state index contributed by atoms with van der Waals surface area (Å²) in [6, 6.07) is 31.4. The molecule has 63 heavy (non-hydrogen) atoms. The van der Waals surface area contributed by atoms with E-state index in [2.05, 4.69) is 69.1 Å². The Morgan fingerprint density at radius 3 is 1.30 bits per heavy atom. The van der Waals surface area contributed by atoms with Gasteiger partial charge in [0.1, 0.15) is 34.4 Å². The SMILES string of the molecule is C.CCOc1ccc(-c2c(-c3ccc(OC)cc3)c[nH]c2C(=O)OC)cc1.CCOc1ccc(-c2c(-c3ccc(OC)cc3)cn([Si](C(C)C)(C(C)C)C(C)C)c2C(=O)OC)cc1. The zero-order valence-electron chi connectivity index (χ0n) is 38.3. The minimum absolute atomic E-state index is 0. The van der Waals surface area contributed by atoms with Gasteiger partial charge >= 0.3 is 11.9 Å². The maximum atomic E-state index is 13.6. The number of aromatic nitrogens is 2. The normalized spacial score (nSPS) is 11.1. The number of methoxy groups -OCH3 is 4. The molecule has 0 aliphatic carbocycles. The van der Waals surface area contributed by atoms with E-state index in [0.717, 1.165) is 67.5 Å². The maximum absolute atomic E-state index is 13.6. The molecular weight excluding hydrogens is 809 g/mol. The second-order valence-corrected chi connectivity index (χ2v) is 21.5. The number of esters is 2. The van der Waals surface area contributed by atoms with Crippen LogP contribution >= 0.6 is 0 Å². The lowest BCUT2D eigenvalue weighted by Crippen LogP contribution is -2.52. The van der Waals surface area contributed by atoms with Crippen molar-refractivity contribution in [2.24, 2.45) is 0 Å². The predicted octanol–water partition coefficient (Wildman–Crippen LogP) is 13.2. The molecule has 11 heteroatoms. The predicted molar refractivity (Wildman–Crippen MR) is 258 cm³/mol. The first-order valence-electron chi connectivity index (χ1n) is 21.2. The third kappa shape index (κ3) is 10.4. The summed E-state index contributed by atoms with van der Waals surface area (Å²) in [5.41, 5.74) is 9.77. The number of rotatable bonds is 16. The molecule has 0 spiro atoms. The highest BCUT2D eigenvalue weighted by Gasteiger charge is 2.48. The number of hydrogen-bond donors (Lipinski definition) is 1. The lowest BCUT2D eigenvalue weighted by Gasteiger charge is -2.44. The second-order valence-electron chi connectivity index (χ2n) is 15.8. The molecule has 0 atom stereocenters. The van der Waals surface area contributed by atoms with E-state index in [1.54, 1.807) is 14.2 Å². The molecule has 0 unspecified atom stereocenters. The quantitative estimate of drug-likeness (QED) is 0.0756. The smallest absolute Gasteiger partial charge is 0.355 e. The van der Waals surface area contributed by atoms with E-state index in [1.165, 1.54) is 14.2 Å². The summed E-state index contributed by atoms with van der Waals surface area (Å²) in [6.45, 7) is 18.9. The van der Waals surface area contributed by atoms with Crippen LogP contribution in [0.1, 0.15) is 83.8 Å². The average molecular weight is 875 g/mol. The van der Waals surface area contributed by atoms with Gasteiger partial charge in [-0.1, -0.05) is 97.5 Å². The Morgan fingerprint density at radius 1 is 0.540 bits per heavy atom. The summed E-state index contributed by atoms with van der Waals surface area (Å²) < 4.78 is 34.5. The molecule has 0 radical (unpaired) electrons. The van der Waals surface area contributed by atoms with E-state index >= 15 is 0 Å². The average Bonchev–Trinajstić information content (AvgIpc) is 3.90. The number of aromatic amines is 1. The number of nitrogens with zero attached hydrogens (tertiary/aromatic N) is 1. The number of carbonyl (C=O) groups excluding carboxylic acids is 2. The molecule has 0 aliphatic heterocycles. The number of H-pyrrole nitrogens is 1. The van der Waals surface area contributed by atoms with Gasteiger partial charge in [0.15, 0.2) is 8.24 Å². The molecule has 4 aromatic carbocycles. The molecule has 0 bridgehead atoms. The Morgan fingerprint density at radius 2 is 0.921 bits per heavy atom. The Hall–Kier alpha value is -6.20. The molecule has 0 aliphatic rings. The van der Waals surface area contributed by atoms with Crippen molar-refractivity contribution in [1.29, 1.82) is 0 Å². The largest absolute Gasteiger partial charge is 0.497 e. The van der Waals surface area contributed by atoms with Gasteiger partial charge in [-0.3, -0.25) is 0 Å². The first-order valence-corrected chi connectivity index (χ1v) is 23.4. The van der Waals surface area contributed by atoms with Gasteiger partial charge in [0.2, 0.25) is 0 Å². The molecule has 6 rings (SSSR count). The lowest BCUT2D eigenvalue weighted by atomic mass is 9.96. The van der Waals surface area contributed by atoms with Gasteiger partial charge in [0.05, 0.1) is 41.7 Å². The van der Waals surface area contributed by atoms with Crippen molar-refractivity contribution in [2.75, 3.05) is 41.7 Å². The fourth-order valence-corrected chi connectivity index (χ4v) is 15.6. The van der Waals surface area contributed by atoms with E-state index in [4.69, 9.17) is 28.4 Å². The number of ether oxygens (including phenoxy) is 6. The molecule has 0 amide bonds. The lowest BCUT2D eigenvalue weighted by molar-refractivity contribution is 0.0585. The Kier molecular flexibility index (Phi) is 17.5. The summed E-state index contributed by atoms with van der Waals surface area (Å²) in [5, 5.41) is 0. The minimum Gasteiger partial charge on any atom is -0.497 e. The van der Waals surface area contributed by atoms with Crippen molar-refractivity contribution in [2.45, 2.75) is 79.4 Å². The first kappa shape index (κ1) is 49.5. The van der Waals surface area contributed by atoms with Crippen LogP contribution in [0.3, 0.4) is 0 Å². The topological polar surface area (TPSA) is 110 Å². The maximum Gasteiger partial charge on any atom is 0.355 e. The van der Waals surface area contributed by atoms with E-state index in [1.807, 2.05) is 105 Å². The van der Waals surface area contributed by atoms with E-state index < -0.39 is 14.2 Å². The molecule has 6 aromatic rings. The third-order valence-corrected chi connectivity index (χ3v) is 18.3. The molecule has 1 N–H and O–H groups in total. The Labute approximate surface area is 375 Å². The van der Waals surface area contributed by atoms with E-state index in [9.17, 15) is 9.59 Å². The summed E-state index contributed by atoms with van der Waals surface area (Å²) in [5.74, 6) is 2.45. The molecule has 2 heterocycles. The van der Waals surface area contributed by atoms with Crippen molar-refractivity contribution in [3.63, 3.8) is 0 Å². The number of benzene rings is 4. The fraction of sp³-hybridized carbons (Fsp3) is 0.346. The third-order valence-electron chi connectivity index (χ3n) is 11.6.